The lowest BCUT2D eigenvalue weighted by Gasteiger charge is -2.17. The fraction of sp³-hybridized carbons (Fsp3) is 0.136. The predicted molar refractivity (Wildman–Crippen MR) is 112 cm³/mol. The summed E-state index contributed by atoms with van der Waals surface area (Å²) in [6.45, 7) is 1.68. The van der Waals surface area contributed by atoms with Gasteiger partial charge in [0.1, 0.15) is 11.9 Å². The highest BCUT2D eigenvalue weighted by Crippen LogP contribution is 2.31. The Bertz CT molecular complexity index is 977. The Kier molecular flexibility index (Phi) is 6.57. The van der Waals surface area contributed by atoms with Crippen molar-refractivity contribution in [1.82, 2.24) is 0 Å². The summed E-state index contributed by atoms with van der Waals surface area (Å²) in [6.07, 6.45) is -0.922. The number of aliphatic hydroxyl groups is 1. The number of carbonyl (C=O) groups excluding carboxylic acids is 1. The van der Waals surface area contributed by atoms with Crippen molar-refractivity contribution in [2.24, 2.45) is 0 Å². The number of aryl methyl sites for hydroxylation is 1. The Morgan fingerprint density at radius 1 is 1.04 bits per heavy atom. The Morgan fingerprint density at radius 2 is 1.71 bits per heavy atom. The molecular weight excluding hydrogens is 397 g/mol. The van der Waals surface area contributed by atoms with Crippen molar-refractivity contribution in [3.63, 3.8) is 0 Å². The number of amides is 1. The first-order chi connectivity index (χ1) is 13.4. The SMILES string of the molecule is Cc1cc(Cl)ccc1OCC(=O)Nc1ccc(Cl)cc1[C@H](O)c1ccccc1. The molecule has 1 amide bonds. The summed E-state index contributed by atoms with van der Waals surface area (Å²) >= 11 is 12.0. The minimum absolute atomic E-state index is 0.175. The van der Waals surface area contributed by atoms with Crippen molar-refractivity contribution < 1.29 is 14.6 Å². The van der Waals surface area contributed by atoms with Gasteiger partial charge in [-0.25, -0.2) is 0 Å². The van der Waals surface area contributed by atoms with Crippen LogP contribution in [-0.2, 0) is 4.79 Å². The normalized spacial score (nSPS) is 11.7. The maximum absolute atomic E-state index is 12.4. The van der Waals surface area contributed by atoms with Crippen LogP contribution < -0.4 is 10.1 Å². The van der Waals surface area contributed by atoms with Gasteiger partial charge in [-0.05, 0) is 54.4 Å². The molecule has 3 aromatic carbocycles. The summed E-state index contributed by atoms with van der Waals surface area (Å²) in [6, 6.07) is 19.3. The molecule has 0 radical (unpaired) electrons. The molecule has 0 unspecified atom stereocenters. The maximum Gasteiger partial charge on any atom is 0.262 e. The molecule has 0 fully saturated rings. The number of anilines is 1. The van der Waals surface area contributed by atoms with E-state index in [-0.39, 0.29) is 12.5 Å². The van der Waals surface area contributed by atoms with E-state index in [1.165, 1.54) is 0 Å². The van der Waals surface area contributed by atoms with E-state index in [0.717, 1.165) is 5.56 Å². The van der Waals surface area contributed by atoms with Gasteiger partial charge < -0.3 is 15.2 Å². The Morgan fingerprint density at radius 3 is 2.43 bits per heavy atom. The second-order valence-electron chi connectivity index (χ2n) is 6.29. The first-order valence-electron chi connectivity index (χ1n) is 8.65. The zero-order valence-corrected chi connectivity index (χ0v) is 16.7. The van der Waals surface area contributed by atoms with Gasteiger partial charge in [0.25, 0.3) is 5.91 Å². The zero-order valence-electron chi connectivity index (χ0n) is 15.2. The maximum atomic E-state index is 12.4. The number of benzene rings is 3. The molecule has 3 aromatic rings. The highest BCUT2D eigenvalue weighted by atomic mass is 35.5. The number of carbonyl (C=O) groups is 1. The van der Waals surface area contributed by atoms with Crippen LogP contribution in [0.3, 0.4) is 0 Å². The van der Waals surface area contributed by atoms with Gasteiger partial charge in [-0.1, -0.05) is 53.5 Å². The second-order valence-corrected chi connectivity index (χ2v) is 7.16. The summed E-state index contributed by atoms with van der Waals surface area (Å²) in [4.78, 5) is 12.4. The summed E-state index contributed by atoms with van der Waals surface area (Å²) < 4.78 is 5.58. The average Bonchev–Trinajstić information content (AvgIpc) is 2.69. The summed E-state index contributed by atoms with van der Waals surface area (Å²) in [7, 11) is 0. The lowest BCUT2D eigenvalue weighted by Crippen LogP contribution is -2.21. The number of aliphatic hydroxyl groups excluding tert-OH is 1. The molecule has 0 saturated heterocycles. The van der Waals surface area contributed by atoms with Gasteiger partial charge in [0.2, 0.25) is 0 Å². The smallest absolute Gasteiger partial charge is 0.262 e. The van der Waals surface area contributed by atoms with Crippen LogP contribution in [0.4, 0.5) is 5.69 Å². The number of hydrogen-bond donors (Lipinski definition) is 2. The van der Waals surface area contributed by atoms with Gasteiger partial charge in [-0.3, -0.25) is 4.79 Å². The third kappa shape index (κ3) is 5.04. The first-order valence-corrected chi connectivity index (χ1v) is 9.41. The minimum atomic E-state index is -0.922. The van der Waals surface area contributed by atoms with Crippen molar-refractivity contribution in [2.45, 2.75) is 13.0 Å². The molecule has 0 aliphatic carbocycles. The van der Waals surface area contributed by atoms with Crippen LogP contribution in [0, 0.1) is 6.92 Å². The number of hydrogen-bond acceptors (Lipinski definition) is 3. The van der Waals surface area contributed by atoms with Gasteiger partial charge >= 0.3 is 0 Å². The van der Waals surface area contributed by atoms with E-state index in [0.29, 0.717) is 32.6 Å². The van der Waals surface area contributed by atoms with Gasteiger partial charge in [-0.2, -0.15) is 0 Å². The quantitative estimate of drug-likeness (QED) is 0.566. The van der Waals surface area contributed by atoms with Crippen LogP contribution in [0.2, 0.25) is 10.0 Å². The standard InChI is InChI=1S/C22H19Cl2NO3/c1-14-11-16(23)8-10-20(14)28-13-21(26)25-19-9-7-17(24)12-18(19)22(27)15-5-3-2-4-6-15/h2-12,22,27H,13H2,1H3,(H,25,26)/t22-/m1/s1. The molecule has 6 heteroatoms. The van der Waals surface area contributed by atoms with E-state index in [1.807, 2.05) is 37.3 Å². The summed E-state index contributed by atoms with van der Waals surface area (Å²) in [5, 5.41) is 14.6. The fourth-order valence-electron chi connectivity index (χ4n) is 2.79. The zero-order chi connectivity index (χ0) is 20.1. The largest absolute Gasteiger partial charge is 0.483 e. The molecule has 0 aromatic heterocycles. The molecule has 28 heavy (non-hydrogen) atoms. The second kappa shape index (κ2) is 9.11. The molecule has 144 valence electrons. The van der Waals surface area contributed by atoms with E-state index in [1.54, 1.807) is 36.4 Å². The van der Waals surface area contributed by atoms with Gasteiger partial charge in [0, 0.05) is 21.3 Å². The van der Waals surface area contributed by atoms with Gasteiger partial charge in [0.15, 0.2) is 6.61 Å². The fourth-order valence-corrected chi connectivity index (χ4v) is 3.20. The van der Waals surface area contributed by atoms with Crippen molar-refractivity contribution in [1.29, 1.82) is 0 Å². The Labute approximate surface area is 173 Å². The summed E-state index contributed by atoms with van der Waals surface area (Å²) in [5.74, 6) is 0.235. The molecular formula is C22H19Cl2NO3. The van der Waals surface area contributed by atoms with E-state index >= 15 is 0 Å². The molecule has 0 saturated carbocycles. The minimum Gasteiger partial charge on any atom is -0.483 e. The van der Waals surface area contributed by atoms with E-state index < -0.39 is 6.10 Å². The molecule has 0 spiro atoms. The average molecular weight is 416 g/mol. The lowest BCUT2D eigenvalue weighted by molar-refractivity contribution is -0.118. The number of nitrogens with one attached hydrogen (secondary N) is 1. The molecule has 0 aliphatic rings. The molecule has 1 atom stereocenters. The van der Waals surface area contributed by atoms with E-state index in [2.05, 4.69) is 5.32 Å². The van der Waals surface area contributed by atoms with Crippen LogP contribution in [0.25, 0.3) is 0 Å². The van der Waals surface area contributed by atoms with Crippen molar-refractivity contribution in [3.8, 4) is 5.75 Å². The third-order valence-corrected chi connectivity index (χ3v) is 4.66. The summed E-state index contributed by atoms with van der Waals surface area (Å²) in [5.41, 5.74) is 2.53. The van der Waals surface area contributed by atoms with Gasteiger partial charge in [0.05, 0.1) is 0 Å². The Balaban J connectivity index is 1.74. The van der Waals surface area contributed by atoms with E-state index in [9.17, 15) is 9.90 Å². The highest BCUT2D eigenvalue weighted by molar-refractivity contribution is 6.31. The highest BCUT2D eigenvalue weighted by Gasteiger charge is 2.17. The number of ether oxygens (including phenoxy) is 1. The lowest BCUT2D eigenvalue weighted by atomic mass is 10.00. The van der Waals surface area contributed by atoms with Crippen LogP contribution in [0.5, 0.6) is 5.75 Å². The molecule has 0 bridgehead atoms. The number of halogens is 2. The van der Waals surface area contributed by atoms with E-state index in [4.69, 9.17) is 27.9 Å². The predicted octanol–water partition coefficient (Wildman–Crippen LogP) is 5.40. The topological polar surface area (TPSA) is 58.6 Å². The van der Waals surface area contributed by atoms with Crippen LogP contribution in [0.1, 0.15) is 22.8 Å². The third-order valence-electron chi connectivity index (χ3n) is 4.19. The molecule has 4 nitrogen and oxygen atoms in total. The van der Waals surface area contributed by atoms with Crippen molar-refractivity contribution in [3.05, 3.63) is 93.5 Å². The number of rotatable bonds is 6. The molecule has 3 rings (SSSR count). The molecule has 2 N–H and O–H groups in total. The molecule has 0 aliphatic heterocycles. The van der Waals surface area contributed by atoms with Gasteiger partial charge in [-0.15, -0.1) is 0 Å². The van der Waals surface area contributed by atoms with Crippen molar-refractivity contribution in [2.75, 3.05) is 11.9 Å². The Hall–Kier alpha value is -2.53. The monoisotopic (exact) mass is 415 g/mol. The van der Waals surface area contributed by atoms with Crippen molar-refractivity contribution >= 4 is 34.8 Å². The van der Waals surface area contributed by atoms with Crippen LogP contribution in [-0.4, -0.2) is 17.6 Å². The first kappa shape index (κ1) is 20.2. The molecule has 0 heterocycles. The van der Waals surface area contributed by atoms with Crippen LogP contribution in [0.15, 0.2) is 66.7 Å². The van der Waals surface area contributed by atoms with Crippen LogP contribution >= 0.6 is 23.2 Å².